The summed E-state index contributed by atoms with van der Waals surface area (Å²) in [6.07, 6.45) is 2.07. The third kappa shape index (κ3) is 6.18. The monoisotopic (exact) mass is 517 g/mol. The SMILES string of the molecule is CB(O)N1CCC(COc2ccc(OCc3cccc(NC(=O)c4cc5sccc5n4C)c3)cc2)CC1. The summed E-state index contributed by atoms with van der Waals surface area (Å²) in [7, 11) is 1.54. The summed E-state index contributed by atoms with van der Waals surface area (Å²) >= 11 is 1.63. The van der Waals surface area contributed by atoms with Crippen molar-refractivity contribution in [2.24, 2.45) is 13.0 Å². The van der Waals surface area contributed by atoms with E-state index < -0.39 is 0 Å². The van der Waals surface area contributed by atoms with Gasteiger partial charge in [0.2, 0.25) is 0 Å². The van der Waals surface area contributed by atoms with Gasteiger partial charge in [-0.3, -0.25) is 4.79 Å². The Kier molecular flexibility index (Phi) is 7.83. The van der Waals surface area contributed by atoms with Gasteiger partial charge in [-0.25, -0.2) is 0 Å². The molecule has 0 radical (unpaired) electrons. The number of hydrogen-bond donors (Lipinski definition) is 2. The van der Waals surface area contributed by atoms with Gasteiger partial charge in [0.25, 0.3) is 5.91 Å². The van der Waals surface area contributed by atoms with Gasteiger partial charge in [-0.05, 0) is 98.1 Å². The van der Waals surface area contributed by atoms with Gasteiger partial charge in [0.15, 0.2) is 0 Å². The Bertz CT molecular complexity index is 1340. The van der Waals surface area contributed by atoms with Crippen molar-refractivity contribution in [3.05, 3.63) is 77.3 Å². The molecule has 2 aromatic heterocycles. The smallest absolute Gasteiger partial charge is 0.376 e. The lowest BCUT2D eigenvalue weighted by molar-refractivity contribution is 0.101. The Labute approximate surface area is 221 Å². The molecule has 2 aromatic carbocycles. The van der Waals surface area contributed by atoms with Crippen LogP contribution in [0.1, 0.15) is 28.9 Å². The second kappa shape index (κ2) is 11.4. The number of aromatic nitrogens is 1. The Hall–Kier alpha value is -3.27. The molecule has 192 valence electrons. The average molecular weight is 517 g/mol. The van der Waals surface area contributed by atoms with E-state index in [1.54, 1.807) is 11.3 Å². The highest BCUT2D eigenvalue weighted by Crippen LogP contribution is 2.25. The molecule has 0 saturated carbocycles. The fraction of sp³-hybridized carbons (Fsp3) is 0.321. The third-order valence-corrected chi connectivity index (χ3v) is 7.83. The van der Waals surface area contributed by atoms with Crippen molar-refractivity contribution in [3.63, 3.8) is 0 Å². The number of nitrogens with one attached hydrogen (secondary N) is 1. The van der Waals surface area contributed by atoms with E-state index in [0.29, 0.717) is 24.8 Å². The Morgan fingerprint density at radius 2 is 1.81 bits per heavy atom. The van der Waals surface area contributed by atoms with Crippen LogP contribution in [0.15, 0.2) is 66.0 Å². The van der Waals surface area contributed by atoms with Gasteiger partial charge in [-0.1, -0.05) is 12.1 Å². The zero-order valence-corrected chi connectivity index (χ0v) is 22.0. The fourth-order valence-corrected chi connectivity index (χ4v) is 5.56. The second-order valence-corrected chi connectivity index (χ2v) is 10.5. The number of ether oxygens (including phenoxy) is 2. The van der Waals surface area contributed by atoms with Gasteiger partial charge in [0.05, 0.1) is 16.8 Å². The number of aryl methyl sites for hydroxylation is 1. The highest BCUT2D eigenvalue weighted by atomic mass is 32.1. The molecule has 1 aliphatic heterocycles. The topological polar surface area (TPSA) is 76.0 Å². The Morgan fingerprint density at radius 1 is 1.08 bits per heavy atom. The average Bonchev–Trinajstić information content (AvgIpc) is 3.50. The van der Waals surface area contributed by atoms with Crippen LogP contribution in [0.2, 0.25) is 6.82 Å². The third-order valence-electron chi connectivity index (χ3n) is 6.97. The van der Waals surface area contributed by atoms with E-state index in [0.717, 1.165) is 58.9 Å². The number of nitrogens with zero attached hydrogens (tertiary/aromatic N) is 2. The summed E-state index contributed by atoms with van der Waals surface area (Å²) in [6, 6.07) is 19.4. The van der Waals surface area contributed by atoms with Crippen molar-refractivity contribution < 1.29 is 19.3 Å². The molecular formula is C28H32BN3O4S. The van der Waals surface area contributed by atoms with Gasteiger partial charge in [-0.15, -0.1) is 11.3 Å². The standard InChI is InChI=1S/C28H32BN3O4S/c1-29(34)32-13-10-20(11-14-32)18-35-23-6-8-24(9-7-23)36-19-21-4-3-5-22(16-21)30-28(33)26-17-27-25(31(26)2)12-15-37-27/h3-9,12,15-17,20,34H,10-11,13-14,18-19H2,1-2H3,(H,30,33). The first-order valence-electron chi connectivity index (χ1n) is 12.7. The lowest BCUT2D eigenvalue weighted by Gasteiger charge is -2.32. The number of hydrogen-bond acceptors (Lipinski definition) is 6. The van der Waals surface area contributed by atoms with Crippen molar-refractivity contribution >= 4 is 40.2 Å². The van der Waals surface area contributed by atoms with Gasteiger partial charge in [0, 0.05) is 12.7 Å². The number of piperidine rings is 1. The molecule has 3 heterocycles. The molecular weight excluding hydrogens is 485 g/mol. The van der Waals surface area contributed by atoms with E-state index in [2.05, 4.69) is 10.1 Å². The minimum atomic E-state index is -0.373. The zero-order chi connectivity index (χ0) is 25.8. The number of anilines is 1. The molecule has 7 nitrogen and oxygen atoms in total. The first kappa shape index (κ1) is 25.4. The molecule has 37 heavy (non-hydrogen) atoms. The lowest BCUT2D eigenvalue weighted by atomic mass is 9.81. The Balaban J connectivity index is 1.10. The van der Waals surface area contributed by atoms with Crippen LogP contribution in [0.5, 0.6) is 11.5 Å². The number of amides is 1. The van der Waals surface area contributed by atoms with Gasteiger partial charge < -0.3 is 29.2 Å². The number of benzene rings is 2. The normalized spacial score (nSPS) is 14.6. The molecule has 4 aromatic rings. The van der Waals surface area contributed by atoms with Gasteiger partial charge in [0.1, 0.15) is 23.8 Å². The highest BCUT2D eigenvalue weighted by Gasteiger charge is 2.24. The van der Waals surface area contributed by atoms with E-state index >= 15 is 0 Å². The molecule has 0 spiro atoms. The second-order valence-electron chi connectivity index (χ2n) is 9.60. The molecule has 0 unspecified atom stereocenters. The summed E-state index contributed by atoms with van der Waals surface area (Å²) in [5.74, 6) is 1.97. The lowest BCUT2D eigenvalue weighted by Crippen LogP contribution is -2.43. The Morgan fingerprint density at radius 3 is 2.51 bits per heavy atom. The van der Waals surface area contributed by atoms with Crippen molar-refractivity contribution in [3.8, 4) is 11.5 Å². The predicted octanol–water partition coefficient (Wildman–Crippen LogP) is 5.27. The number of carbonyl (C=O) groups excluding carboxylic acids is 1. The zero-order valence-electron chi connectivity index (χ0n) is 21.2. The van der Waals surface area contributed by atoms with E-state index in [-0.39, 0.29) is 13.0 Å². The van der Waals surface area contributed by atoms with Crippen molar-refractivity contribution in [1.29, 1.82) is 0 Å². The number of rotatable bonds is 9. The molecule has 0 aliphatic carbocycles. The molecule has 5 rings (SSSR count). The van der Waals surface area contributed by atoms with Crippen LogP contribution >= 0.6 is 11.3 Å². The van der Waals surface area contributed by atoms with Crippen LogP contribution in [-0.4, -0.2) is 47.1 Å². The van der Waals surface area contributed by atoms with E-state index in [1.165, 1.54) is 0 Å². The van der Waals surface area contributed by atoms with Crippen LogP contribution in [-0.2, 0) is 13.7 Å². The van der Waals surface area contributed by atoms with Gasteiger partial charge in [-0.2, -0.15) is 0 Å². The molecule has 9 heteroatoms. The molecule has 1 amide bonds. The van der Waals surface area contributed by atoms with Crippen molar-refractivity contribution in [1.82, 2.24) is 9.38 Å². The number of carbonyl (C=O) groups is 1. The number of thiophene rings is 1. The maximum Gasteiger partial charge on any atom is 0.376 e. The van der Waals surface area contributed by atoms with Crippen LogP contribution < -0.4 is 14.8 Å². The van der Waals surface area contributed by atoms with Crippen LogP contribution in [0.4, 0.5) is 5.69 Å². The van der Waals surface area contributed by atoms with E-state index in [1.807, 2.05) is 84.5 Å². The first-order chi connectivity index (χ1) is 18.0. The molecule has 1 aliphatic rings. The first-order valence-corrected chi connectivity index (χ1v) is 13.6. The molecule has 2 N–H and O–H groups in total. The van der Waals surface area contributed by atoms with Crippen LogP contribution in [0.25, 0.3) is 10.2 Å². The van der Waals surface area contributed by atoms with Crippen molar-refractivity contribution in [2.45, 2.75) is 26.3 Å². The van der Waals surface area contributed by atoms with E-state index in [9.17, 15) is 9.82 Å². The molecule has 0 atom stereocenters. The van der Waals surface area contributed by atoms with E-state index in [4.69, 9.17) is 9.47 Å². The van der Waals surface area contributed by atoms with Crippen molar-refractivity contribution in [2.75, 3.05) is 25.0 Å². The highest BCUT2D eigenvalue weighted by molar-refractivity contribution is 7.17. The van der Waals surface area contributed by atoms with Crippen LogP contribution in [0, 0.1) is 5.92 Å². The predicted molar refractivity (Wildman–Crippen MR) is 150 cm³/mol. The summed E-state index contributed by atoms with van der Waals surface area (Å²) in [4.78, 5) is 14.9. The summed E-state index contributed by atoms with van der Waals surface area (Å²) in [6.45, 7) is 4.73. The summed E-state index contributed by atoms with van der Waals surface area (Å²) in [5.41, 5.74) is 3.40. The maximum absolute atomic E-state index is 12.8. The van der Waals surface area contributed by atoms with Crippen LogP contribution in [0.3, 0.4) is 0 Å². The largest absolute Gasteiger partial charge is 0.493 e. The molecule has 1 fully saturated rings. The molecule has 1 saturated heterocycles. The number of fused-ring (bicyclic) bond motifs is 1. The summed E-state index contributed by atoms with van der Waals surface area (Å²) in [5, 5.41) is 14.7. The molecule has 0 bridgehead atoms. The minimum absolute atomic E-state index is 0.131. The fourth-order valence-electron chi connectivity index (χ4n) is 4.71. The van der Waals surface area contributed by atoms with Gasteiger partial charge >= 0.3 is 7.05 Å². The maximum atomic E-state index is 12.8. The minimum Gasteiger partial charge on any atom is -0.493 e. The quantitative estimate of drug-likeness (QED) is 0.296. The summed E-state index contributed by atoms with van der Waals surface area (Å²) < 4.78 is 15.0.